The van der Waals surface area contributed by atoms with Crippen LogP contribution in [0.2, 0.25) is 0 Å². The van der Waals surface area contributed by atoms with Gasteiger partial charge in [0.25, 0.3) is 0 Å². The van der Waals surface area contributed by atoms with Gasteiger partial charge in [-0.1, -0.05) is 0 Å². The summed E-state index contributed by atoms with van der Waals surface area (Å²) in [5.41, 5.74) is 1.65. The quantitative estimate of drug-likeness (QED) is 0.873. The van der Waals surface area contributed by atoms with Gasteiger partial charge in [-0.05, 0) is 36.6 Å². The Kier molecular flexibility index (Phi) is 5.79. The van der Waals surface area contributed by atoms with E-state index in [1.165, 1.54) is 0 Å². The summed E-state index contributed by atoms with van der Waals surface area (Å²) in [6.07, 6.45) is 7.13. The molecule has 3 heterocycles. The van der Waals surface area contributed by atoms with Crippen molar-refractivity contribution in [1.82, 2.24) is 14.9 Å². The summed E-state index contributed by atoms with van der Waals surface area (Å²) in [6, 6.07) is 7.11. The zero-order valence-electron chi connectivity index (χ0n) is 14.2. The summed E-state index contributed by atoms with van der Waals surface area (Å²) in [6.45, 7) is 1.81. The fourth-order valence-electron chi connectivity index (χ4n) is 2.74. The van der Waals surface area contributed by atoms with E-state index < -0.39 is 0 Å². The molecule has 0 aliphatic carbocycles. The van der Waals surface area contributed by atoms with Crippen LogP contribution in [0.4, 0.5) is 10.5 Å². The van der Waals surface area contributed by atoms with Gasteiger partial charge < -0.3 is 19.7 Å². The molecular weight excluding hydrogens is 320 g/mol. The first-order valence-corrected chi connectivity index (χ1v) is 8.31. The van der Waals surface area contributed by atoms with Crippen molar-refractivity contribution in [2.75, 3.05) is 25.6 Å². The molecule has 0 radical (unpaired) electrons. The number of anilines is 1. The first-order chi connectivity index (χ1) is 12.2. The first kappa shape index (κ1) is 17.2. The molecule has 1 atom stereocenters. The van der Waals surface area contributed by atoms with Crippen molar-refractivity contribution in [3.63, 3.8) is 0 Å². The summed E-state index contributed by atoms with van der Waals surface area (Å²) in [4.78, 5) is 22.6. The SMILES string of the molecule is COc1ccc(NC(=O)N(Cc2ccncc2)C[C@@H]2CCCO2)cn1. The van der Waals surface area contributed by atoms with E-state index >= 15 is 0 Å². The lowest BCUT2D eigenvalue weighted by atomic mass is 10.2. The Morgan fingerprint density at radius 1 is 1.36 bits per heavy atom. The number of carbonyl (C=O) groups is 1. The van der Waals surface area contributed by atoms with Gasteiger partial charge in [0.05, 0.1) is 25.1 Å². The predicted molar refractivity (Wildman–Crippen MR) is 93.4 cm³/mol. The molecule has 1 saturated heterocycles. The molecular formula is C18H22N4O3. The second-order valence-electron chi connectivity index (χ2n) is 5.89. The number of nitrogens with one attached hydrogen (secondary N) is 1. The van der Waals surface area contributed by atoms with Crippen molar-refractivity contribution < 1.29 is 14.3 Å². The highest BCUT2D eigenvalue weighted by Crippen LogP contribution is 2.17. The number of urea groups is 1. The third-order valence-electron chi connectivity index (χ3n) is 4.05. The lowest BCUT2D eigenvalue weighted by Crippen LogP contribution is -2.39. The summed E-state index contributed by atoms with van der Waals surface area (Å²) in [7, 11) is 1.55. The van der Waals surface area contributed by atoms with Crippen molar-refractivity contribution in [3.8, 4) is 5.88 Å². The topological polar surface area (TPSA) is 76.6 Å². The number of amides is 2. The van der Waals surface area contributed by atoms with Crippen LogP contribution in [0, 0.1) is 0 Å². The maximum atomic E-state index is 12.7. The van der Waals surface area contributed by atoms with E-state index in [1.54, 1.807) is 42.7 Å². The zero-order valence-corrected chi connectivity index (χ0v) is 14.2. The largest absolute Gasteiger partial charge is 0.481 e. The Morgan fingerprint density at radius 2 is 2.20 bits per heavy atom. The molecule has 1 N–H and O–H groups in total. The van der Waals surface area contributed by atoms with E-state index in [4.69, 9.17) is 9.47 Å². The van der Waals surface area contributed by atoms with Crippen LogP contribution in [0.3, 0.4) is 0 Å². The molecule has 2 aromatic heterocycles. The van der Waals surface area contributed by atoms with Gasteiger partial charge in [-0.15, -0.1) is 0 Å². The lowest BCUT2D eigenvalue weighted by Gasteiger charge is -2.25. The van der Waals surface area contributed by atoms with Gasteiger partial charge >= 0.3 is 6.03 Å². The minimum Gasteiger partial charge on any atom is -0.481 e. The third-order valence-corrected chi connectivity index (χ3v) is 4.05. The second-order valence-corrected chi connectivity index (χ2v) is 5.89. The third kappa shape index (κ3) is 4.90. The molecule has 0 aromatic carbocycles. The van der Waals surface area contributed by atoms with Crippen LogP contribution in [-0.4, -0.2) is 47.3 Å². The summed E-state index contributed by atoms with van der Waals surface area (Å²) in [5, 5.41) is 2.89. The van der Waals surface area contributed by atoms with Gasteiger partial charge in [-0.25, -0.2) is 9.78 Å². The lowest BCUT2D eigenvalue weighted by molar-refractivity contribution is 0.0819. The molecule has 7 nitrogen and oxygen atoms in total. The van der Waals surface area contributed by atoms with Crippen LogP contribution >= 0.6 is 0 Å². The molecule has 1 aliphatic heterocycles. The van der Waals surface area contributed by atoms with Gasteiger partial charge in [-0.2, -0.15) is 0 Å². The van der Waals surface area contributed by atoms with Gasteiger partial charge in [-0.3, -0.25) is 4.98 Å². The van der Waals surface area contributed by atoms with Crippen molar-refractivity contribution in [1.29, 1.82) is 0 Å². The van der Waals surface area contributed by atoms with E-state index in [1.807, 2.05) is 12.1 Å². The number of methoxy groups -OCH3 is 1. The number of rotatable bonds is 6. The molecule has 0 unspecified atom stereocenters. The Hall–Kier alpha value is -2.67. The predicted octanol–water partition coefficient (Wildman–Crippen LogP) is 2.70. The molecule has 0 bridgehead atoms. The minimum absolute atomic E-state index is 0.0848. The van der Waals surface area contributed by atoms with Crippen LogP contribution in [-0.2, 0) is 11.3 Å². The fraction of sp³-hybridized carbons (Fsp3) is 0.389. The maximum Gasteiger partial charge on any atom is 0.322 e. The molecule has 0 saturated carbocycles. The van der Waals surface area contributed by atoms with Crippen LogP contribution in [0.5, 0.6) is 5.88 Å². The molecule has 2 aromatic rings. The molecule has 2 amide bonds. The Morgan fingerprint density at radius 3 is 2.84 bits per heavy atom. The zero-order chi connectivity index (χ0) is 17.5. The maximum absolute atomic E-state index is 12.7. The van der Waals surface area contributed by atoms with Gasteiger partial charge in [0.2, 0.25) is 5.88 Å². The molecule has 25 heavy (non-hydrogen) atoms. The number of hydrogen-bond acceptors (Lipinski definition) is 5. The standard InChI is InChI=1S/C18H22N4O3/c1-24-17-5-4-15(11-20-17)21-18(23)22(13-16-3-2-10-25-16)12-14-6-8-19-9-7-14/h4-9,11,16H,2-3,10,12-13H2,1H3,(H,21,23)/t16-/m0/s1. The van der Waals surface area contributed by atoms with Crippen molar-refractivity contribution in [2.24, 2.45) is 0 Å². The van der Waals surface area contributed by atoms with Gasteiger partial charge in [0.15, 0.2) is 0 Å². The molecule has 3 rings (SSSR count). The Labute approximate surface area is 147 Å². The van der Waals surface area contributed by atoms with Gasteiger partial charge in [0.1, 0.15) is 0 Å². The Bertz CT molecular complexity index is 672. The first-order valence-electron chi connectivity index (χ1n) is 8.31. The summed E-state index contributed by atoms with van der Waals surface area (Å²) in [5.74, 6) is 0.506. The monoisotopic (exact) mass is 342 g/mol. The minimum atomic E-state index is -0.181. The van der Waals surface area contributed by atoms with E-state index in [0.717, 1.165) is 25.0 Å². The highest BCUT2D eigenvalue weighted by atomic mass is 16.5. The van der Waals surface area contributed by atoms with E-state index in [0.29, 0.717) is 24.7 Å². The summed E-state index contributed by atoms with van der Waals surface area (Å²) >= 11 is 0. The highest BCUT2D eigenvalue weighted by Gasteiger charge is 2.23. The average molecular weight is 342 g/mol. The number of aromatic nitrogens is 2. The molecule has 1 fully saturated rings. The Balaban J connectivity index is 1.68. The molecule has 0 spiro atoms. The normalized spacial score (nSPS) is 16.4. The summed E-state index contributed by atoms with van der Waals surface area (Å²) < 4.78 is 10.7. The highest BCUT2D eigenvalue weighted by molar-refractivity contribution is 5.89. The van der Waals surface area contributed by atoms with E-state index in [9.17, 15) is 4.79 Å². The second kappa shape index (κ2) is 8.43. The smallest absolute Gasteiger partial charge is 0.322 e. The number of pyridine rings is 2. The number of hydrogen-bond donors (Lipinski definition) is 1. The van der Waals surface area contributed by atoms with Crippen LogP contribution in [0.1, 0.15) is 18.4 Å². The van der Waals surface area contributed by atoms with Crippen LogP contribution in [0.15, 0.2) is 42.9 Å². The fourth-order valence-corrected chi connectivity index (χ4v) is 2.74. The van der Waals surface area contributed by atoms with Gasteiger partial charge in [0, 0.05) is 38.2 Å². The molecule has 1 aliphatic rings. The van der Waals surface area contributed by atoms with Crippen LogP contribution in [0.25, 0.3) is 0 Å². The van der Waals surface area contributed by atoms with Crippen LogP contribution < -0.4 is 10.1 Å². The molecule has 132 valence electrons. The van der Waals surface area contributed by atoms with E-state index in [-0.39, 0.29) is 12.1 Å². The van der Waals surface area contributed by atoms with Crippen molar-refractivity contribution >= 4 is 11.7 Å². The average Bonchev–Trinajstić information content (AvgIpc) is 3.16. The van der Waals surface area contributed by atoms with Crippen molar-refractivity contribution in [2.45, 2.75) is 25.5 Å². The van der Waals surface area contributed by atoms with E-state index in [2.05, 4.69) is 15.3 Å². The number of ether oxygens (including phenoxy) is 2. The van der Waals surface area contributed by atoms with Crippen molar-refractivity contribution in [3.05, 3.63) is 48.4 Å². The molecule has 7 heteroatoms. The number of nitrogens with zero attached hydrogens (tertiary/aromatic N) is 3. The number of carbonyl (C=O) groups excluding carboxylic acids is 1.